The quantitative estimate of drug-likeness (QED) is 0.846. The number of hydrogen-bond donors (Lipinski definition) is 1. The lowest BCUT2D eigenvalue weighted by Crippen LogP contribution is -2.24. The van der Waals surface area contributed by atoms with Gasteiger partial charge in [-0.1, -0.05) is 30.7 Å². The maximum Gasteiger partial charge on any atom is 0.147 e. The van der Waals surface area contributed by atoms with Crippen molar-refractivity contribution < 1.29 is 0 Å². The van der Waals surface area contributed by atoms with E-state index in [-0.39, 0.29) is 0 Å². The van der Waals surface area contributed by atoms with Crippen LogP contribution in [-0.2, 0) is 6.54 Å². The SMILES string of the molecule is CCCN(Cc1ccc(N)cc1)c1ncccc1Cl. The summed E-state index contributed by atoms with van der Waals surface area (Å²) in [7, 11) is 0. The highest BCUT2D eigenvalue weighted by Crippen LogP contribution is 2.24. The van der Waals surface area contributed by atoms with Crippen LogP contribution in [0.2, 0.25) is 5.02 Å². The van der Waals surface area contributed by atoms with Crippen LogP contribution in [0.4, 0.5) is 11.5 Å². The summed E-state index contributed by atoms with van der Waals surface area (Å²) in [6, 6.07) is 11.6. The highest BCUT2D eigenvalue weighted by molar-refractivity contribution is 6.32. The lowest BCUT2D eigenvalue weighted by molar-refractivity contribution is 0.755. The number of nitrogens with two attached hydrogens (primary N) is 1. The van der Waals surface area contributed by atoms with Gasteiger partial charge < -0.3 is 10.6 Å². The fourth-order valence-corrected chi connectivity index (χ4v) is 2.22. The average molecular weight is 276 g/mol. The van der Waals surface area contributed by atoms with Crippen LogP contribution < -0.4 is 10.6 Å². The van der Waals surface area contributed by atoms with Gasteiger partial charge in [0.2, 0.25) is 0 Å². The topological polar surface area (TPSA) is 42.1 Å². The molecule has 19 heavy (non-hydrogen) atoms. The number of aromatic nitrogens is 1. The molecule has 0 saturated carbocycles. The Kier molecular flexibility index (Phi) is 4.63. The Hall–Kier alpha value is -1.74. The molecule has 2 N–H and O–H groups in total. The fourth-order valence-electron chi connectivity index (χ4n) is 1.98. The molecule has 0 atom stereocenters. The standard InChI is InChI=1S/C15H18ClN3/c1-2-10-19(15-14(16)4-3-9-18-15)11-12-5-7-13(17)8-6-12/h3-9H,2,10-11,17H2,1H3. The Balaban J connectivity index is 2.21. The number of rotatable bonds is 5. The zero-order valence-electron chi connectivity index (χ0n) is 11.0. The number of nitrogens with zero attached hydrogens (tertiary/aromatic N) is 2. The van der Waals surface area contributed by atoms with E-state index in [9.17, 15) is 0 Å². The molecule has 1 aromatic carbocycles. The van der Waals surface area contributed by atoms with Gasteiger partial charge in [-0.3, -0.25) is 0 Å². The van der Waals surface area contributed by atoms with Crippen LogP contribution in [0.1, 0.15) is 18.9 Å². The van der Waals surface area contributed by atoms with Crippen LogP contribution in [-0.4, -0.2) is 11.5 Å². The molecule has 0 bridgehead atoms. The van der Waals surface area contributed by atoms with Gasteiger partial charge in [-0.05, 0) is 36.2 Å². The smallest absolute Gasteiger partial charge is 0.147 e. The second-order valence-electron chi connectivity index (χ2n) is 4.47. The van der Waals surface area contributed by atoms with Gasteiger partial charge in [0.05, 0.1) is 5.02 Å². The Bertz CT molecular complexity index is 525. The number of halogens is 1. The van der Waals surface area contributed by atoms with E-state index in [0.717, 1.165) is 31.0 Å². The van der Waals surface area contributed by atoms with Crippen LogP contribution >= 0.6 is 11.6 Å². The molecule has 0 aliphatic rings. The Morgan fingerprint density at radius 1 is 1.21 bits per heavy atom. The lowest BCUT2D eigenvalue weighted by atomic mass is 10.2. The maximum absolute atomic E-state index is 6.22. The number of benzene rings is 1. The van der Waals surface area contributed by atoms with Gasteiger partial charge in [0.25, 0.3) is 0 Å². The Labute approximate surface area is 119 Å². The first-order valence-electron chi connectivity index (χ1n) is 6.40. The first-order valence-corrected chi connectivity index (χ1v) is 6.78. The van der Waals surface area contributed by atoms with Crippen molar-refractivity contribution in [3.05, 3.63) is 53.2 Å². The minimum Gasteiger partial charge on any atom is -0.399 e. The Morgan fingerprint density at radius 2 is 1.95 bits per heavy atom. The molecule has 0 unspecified atom stereocenters. The van der Waals surface area contributed by atoms with Crippen molar-refractivity contribution in [2.24, 2.45) is 0 Å². The van der Waals surface area contributed by atoms with E-state index in [1.807, 2.05) is 36.4 Å². The second-order valence-corrected chi connectivity index (χ2v) is 4.88. The van der Waals surface area contributed by atoms with Crippen molar-refractivity contribution in [3.8, 4) is 0 Å². The van der Waals surface area contributed by atoms with Crippen molar-refractivity contribution >= 4 is 23.1 Å². The third kappa shape index (κ3) is 3.61. The van der Waals surface area contributed by atoms with Gasteiger partial charge in [-0.15, -0.1) is 0 Å². The molecule has 0 aliphatic heterocycles. The minimum absolute atomic E-state index is 0.686. The molecule has 0 saturated heterocycles. The van der Waals surface area contributed by atoms with Gasteiger partial charge in [-0.2, -0.15) is 0 Å². The molecule has 0 spiro atoms. The van der Waals surface area contributed by atoms with Crippen LogP contribution in [0.3, 0.4) is 0 Å². The van der Waals surface area contributed by atoms with Gasteiger partial charge in [0.1, 0.15) is 5.82 Å². The largest absolute Gasteiger partial charge is 0.399 e. The summed E-state index contributed by atoms with van der Waals surface area (Å²) in [6.45, 7) is 3.85. The summed E-state index contributed by atoms with van der Waals surface area (Å²) < 4.78 is 0. The molecule has 0 amide bonds. The van der Waals surface area contributed by atoms with E-state index in [1.165, 1.54) is 5.56 Å². The number of hydrogen-bond acceptors (Lipinski definition) is 3. The summed E-state index contributed by atoms with van der Waals surface area (Å²) >= 11 is 6.22. The molecule has 0 radical (unpaired) electrons. The van der Waals surface area contributed by atoms with E-state index >= 15 is 0 Å². The highest BCUT2D eigenvalue weighted by atomic mass is 35.5. The molecular formula is C15H18ClN3. The average Bonchev–Trinajstić information content (AvgIpc) is 2.41. The highest BCUT2D eigenvalue weighted by Gasteiger charge is 2.11. The number of pyridine rings is 1. The molecular weight excluding hydrogens is 258 g/mol. The van der Waals surface area contributed by atoms with Gasteiger partial charge in [0.15, 0.2) is 0 Å². The van der Waals surface area contributed by atoms with Crippen LogP contribution in [0.5, 0.6) is 0 Å². The van der Waals surface area contributed by atoms with Crippen LogP contribution in [0, 0.1) is 0 Å². The van der Waals surface area contributed by atoms with Crippen LogP contribution in [0.15, 0.2) is 42.6 Å². The predicted octanol–water partition coefficient (Wildman–Crippen LogP) is 3.73. The second kappa shape index (κ2) is 6.43. The van der Waals surface area contributed by atoms with Crippen molar-refractivity contribution in [2.75, 3.05) is 17.2 Å². The number of anilines is 2. The Morgan fingerprint density at radius 3 is 2.58 bits per heavy atom. The van der Waals surface area contributed by atoms with E-state index in [4.69, 9.17) is 17.3 Å². The third-order valence-electron chi connectivity index (χ3n) is 2.89. The molecule has 0 aliphatic carbocycles. The molecule has 1 heterocycles. The first-order chi connectivity index (χ1) is 9.20. The maximum atomic E-state index is 6.22. The monoisotopic (exact) mass is 275 g/mol. The van der Waals surface area contributed by atoms with Crippen molar-refractivity contribution in [1.29, 1.82) is 0 Å². The van der Waals surface area contributed by atoms with Crippen molar-refractivity contribution in [3.63, 3.8) is 0 Å². The predicted molar refractivity (Wildman–Crippen MR) is 81.4 cm³/mol. The summed E-state index contributed by atoms with van der Waals surface area (Å²) in [5.74, 6) is 0.836. The summed E-state index contributed by atoms with van der Waals surface area (Å²) in [5, 5.41) is 0.686. The normalized spacial score (nSPS) is 10.4. The number of nitrogen functional groups attached to an aromatic ring is 1. The van der Waals surface area contributed by atoms with Crippen LogP contribution in [0.25, 0.3) is 0 Å². The van der Waals surface area contributed by atoms with Crippen molar-refractivity contribution in [1.82, 2.24) is 4.98 Å². The molecule has 2 aromatic rings. The first kappa shape index (κ1) is 13.7. The summed E-state index contributed by atoms with van der Waals surface area (Å²) in [5.41, 5.74) is 7.68. The molecule has 1 aromatic heterocycles. The fraction of sp³-hybridized carbons (Fsp3) is 0.267. The molecule has 0 fully saturated rings. The molecule has 2 rings (SSSR count). The molecule has 3 nitrogen and oxygen atoms in total. The third-order valence-corrected chi connectivity index (χ3v) is 3.18. The van der Waals surface area contributed by atoms with E-state index in [2.05, 4.69) is 16.8 Å². The summed E-state index contributed by atoms with van der Waals surface area (Å²) in [4.78, 5) is 6.57. The van der Waals surface area contributed by atoms with Gasteiger partial charge >= 0.3 is 0 Å². The lowest BCUT2D eigenvalue weighted by Gasteiger charge is -2.24. The van der Waals surface area contributed by atoms with Gasteiger partial charge in [0, 0.05) is 25.0 Å². The molecule has 4 heteroatoms. The van der Waals surface area contributed by atoms with Gasteiger partial charge in [-0.25, -0.2) is 4.98 Å². The minimum atomic E-state index is 0.686. The molecule has 100 valence electrons. The zero-order valence-corrected chi connectivity index (χ0v) is 11.8. The summed E-state index contributed by atoms with van der Waals surface area (Å²) in [6.07, 6.45) is 2.81. The van der Waals surface area contributed by atoms with E-state index in [1.54, 1.807) is 6.20 Å². The zero-order chi connectivity index (χ0) is 13.7. The van der Waals surface area contributed by atoms with E-state index < -0.39 is 0 Å². The van der Waals surface area contributed by atoms with Crippen molar-refractivity contribution in [2.45, 2.75) is 19.9 Å². The van der Waals surface area contributed by atoms with E-state index in [0.29, 0.717) is 5.02 Å².